The van der Waals surface area contributed by atoms with Crippen LogP contribution < -0.4 is 25.0 Å². The Morgan fingerprint density at radius 3 is 1.77 bits per heavy atom. The van der Waals surface area contributed by atoms with Gasteiger partial charge in [0.2, 0.25) is 17.5 Å². The minimum atomic E-state index is 0.0282. The van der Waals surface area contributed by atoms with Gasteiger partial charge in [-0.1, -0.05) is 64.1 Å². The molecule has 0 spiro atoms. The minimum Gasteiger partial charge on any atom is -0.395 e. The fourth-order valence-electron chi connectivity index (χ4n) is 6.57. The summed E-state index contributed by atoms with van der Waals surface area (Å²) in [6.45, 7) is 5.52. The standard InChI is InChI=1S/C46H62N6O6S2/c53-33-29-51(30-34-54)43-19-13-39(14-20-43)11-17-41-7-1-3-25-49(41)27-5-9-45(57)47-23-37-59-60-38-24-48-46(58)10-6-28-50-26-4-2-8-42(50)18-12-40-15-21-44(22-16-40)52(31-35-55)32-36-56/h1-4,7-8,11-22,25,53-56H,5-6,9-10,23-24,26-38H2,(H-,47,48,57,58)/p+1/b18-12+. The van der Waals surface area contributed by atoms with E-state index in [1.54, 1.807) is 21.6 Å². The fourth-order valence-corrected chi connectivity index (χ4v) is 8.38. The highest BCUT2D eigenvalue weighted by Crippen LogP contribution is 2.21. The molecule has 14 heteroatoms. The highest BCUT2D eigenvalue weighted by molar-refractivity contribution is 8.76. The van der Waals surface area contributed by atoms with E-state index in [2.05, 4.69) is 68.7 Å². The average Bonchev–Trinajstić information content (AvgIpc) is 3.27. The van der Waals surface area contributed by atoms with Crippen LogP contribution >= 0.6 is 21.6 Å². The van der Waals surface area contributed by atoms with Crippen molar-refractivity contribution in [1.82, 2.24) is 15.5 Å². The van der Waals surface area contributed by atoms with Crippen LogP contribution in [0.5, 0.6) is 0 Å². The molecule has 0 radical (unpaired) electrons. The van der Waals surface area contributed by atoms with Crippen LogP contribution in [0.15, 0.2) is 103 Å². The summed E-state index contributed by atoms with van der Waals surface area (Å²) in [5.74, 6) is 1.69. The molecule has 0 saturated carbocycles. The molecule has 6 N–H and O–H groups in total. The van der Waals surface area contributed by atoms with E-state index in [1.807, 2.05) is 76.7 Å². The molecule has 3 aromatic rings. The van der Waals surface area contributed by atoms with Gasteiger partial charge in [0.25, 0.3) is 0 Å². The number of pyridine rings is 1. The molecule has 0 bridgehead atoms. The maximum absolute atomic E-state index is 12.5. The van der Waals surface area contributed by atoms with Crippen LogP contribution in [0.2, 0.25) is 0 Å². The van der Waals surface area contributed by atoms with Crippen LogP contribution in [-0.4, -0.2) is 127 Å². The van der Waals surface area contributed by atoms with Crippen molar-refractivity contribution in [3.05, 3.63) is 120 Å². The van der Waals surface area contributed by atoms with Gasteiger partial charge >= 0.3 is 0 Å². The van der Waals surface area contributed by atoms with Crippen molar-refractivity contribution in [2.24, 2.45) is 0 Å². The quantitative estimate of drug-likeness (QED) is 0.0336. The van der Waals surface area contributed by atoms with E-state index in [9.17, 15) is 30.0 Å². The van der Waals surface area contributed by atoms with E-state index in [0.717, 1.165) is 77.9 Å². The average molecular weight is 860 g/mol. The highest BCUT2D eigenvalue weighted by atomic mass is 33.1. The number of anilines is 2. The van der Waals surface area contributed by atoms with E-state index in [4.69, 9.17) is 0 Å². The molecule has 12 nitrogen and oxygen atoms in total. The third-order valence-electron chi connectivity index (χ3n) is 9.69. The lowest BCUT2D eigenvalue weighted by Gasteiger charge is -2.26. The Kier molecular flexibility index (Phi) is 23.1. The van der Waals surface area contributed by atoms with E-state index in [0.29, 0.717) is 52.1 Å². The van der Waals surface area contributed by atoms with Crippen LogP contribution in [0.4, 0.5) is 11.4 Å². The number of hydrogen-bond donors (Lipinski definition) is 6. The number of hydrogen-bond acceptors (Lipinski definition) is 11. The Morgan fingerprint density at radius 2 is 1.22 bits per heavy atom. The van der Waals surface area contributed by atoms with E-state index in [1.165, 1.54) is 0 Å². The number of carbonyl (C=O) groups is 2. The van der Waals surface area contributed by atoms with Gasteiger partial charge in [-0.25, -0.2) is 0 Å². The molecule has 2 heterocycles. The summed E-state index contributed by atoms with van der Waals surface area (Å²) >= 11 is 0. The number of aryl methyl sites for hydroxylation is 1. The third kappa shape index (κ3) is 18.0. The van der Waals surface area contributed by atoms with Crippen LogP contribution in [0.3, 0.4) is 0 Å². The molecule has 324 valence electrons. The molecule has 60 heavy (non-hydrogen) atoms. The first-order valence-electron chi connectivity index (χ1n) is 20.8. The van der Waals surface area contributed by atoms with Gasteiger partial charge < -0.3 is 45.8 Å². The highest BCUT2D eigenvalue weighted by Gasteiger charge is 2.12. The maximum atomic E-state index is 12.5. The maximum Gasteiger partial charge on any atom is 0.220 e. The summed E-state index contributed by atoms with van der Waals surface area (Å²) in [5.41, 5.74) is 6.16. The molecule has 2 aromatic carbocycles. The van der Waals surface area contributed by atoms with Crippen molar-refractivity contribution in [1.29, 1.82) is 0 Å². The van der Waals surface area contributed by atoms with Crippen molar-refractivity contribution in [3.8, 4) is 0 Å². The summed E-state index contributed by atoms with van der Waals surface area (Å²) in [6, 6.07) is 22.1. The topological polar surface area (TPSA) is 153 Å². The van der Waals surface area contributed by atoms with Gasteiger partial charge in [0.15, 0.2) is 6.20 Å². The Labute approximate surface area is 363 Å². The number of aromatic nitrogens is 1. The lowest BCUT2D eigenvalue weighted by atomic mass is 10.1. The summed E-state index contributed by atoms with van der Waals surface area (Å²) in [5, 5.41) is 43.3. The second-order valence-electron chi connectivity index (χ2n) is 14.1. The lowest BCUT2D eigenvalue weighted by molar-refractivity contribution is -0.698. The Bertz CT molecular complexity index is 1810. The van der Waals surface area contributed by atoms with Crippen molar-refractivity contribution < 1.29 is 34.6 Å². The number of rotatable bonds is 29. The number of aliphatic hydroxyl groups is 4. The Balaban J connectivity index is 1.03. The number of allylic oxidation sites excluding steroid dienone is 3. The molecule has 0 unspecified atom stereocenters. The molecule has 0 fully saturated rings. The van der Waals surface area contributed by atoms with Gasteiger partial charge in [-0.05, 0) is 66.1 Å². The van der Waals surface area contributed by atoms with Gasteiger partial charge in [0, 0.05) is 118 Å². The first-order chi connectivity index (χ1) is 29.4. The zero-order chi connectivity index (χ0) is 42.6. The molecule has 1 aliphatic rings. The first kappa shape index (κ1) is 48.1. The summed E-state index contributed by atoms with van der Waals surface area (Å²) in [6.07, 6.45) is 19.0. The Morgan fingerprint density at radius 1 is 0.683 bits per heavy atom. The van der Waals surface area contributed by atoms with Crippen molar-refractivity contribution in [2.45, 2.75) is 32.2 Å². The zero-order valence-electron chi connectivity index (χ0n) is 34.6. The predicted octanol–water partition coefficient (Wildman–Crippen LogP) is 4.37. The summed E-state index contributed by atoms with van der Waals surface area (Å²) in [4.78, 5) is 31.2. The van der Waals surface area contributed by atoms with Gasteiger partial charge in [-0.2, -0.15) is 4.57 Å². The molecule has 1 aromatic heterocycles. The second-order valence-corrected chi connectivity index (χ2v) is 16.8. The predicted molar refractivity (Wildman–Crippen MR) is 248 cm³/mol. The summed E-state index contributed by atoms with van der Waals surface area (Å²) in [7, 11) is 3.39. The lowest BCUT2D eigenvalue weighted by Crippen LogP contribution is -2.37. The van der Waals surface area contributed by atoms with E-state index >= 15 is 0 Å². The molecule has 0 saturated heterocycles. The van der Waals surface area contributed by atoms with Crippen molar-refractivity contribution >= 4 is 63.0 Å². The van der Waals surface area contributed by atoms with Gasteiger partial charge in [0.05, 0.1) is 26.4 Å². The molecule has 4 rings (SSSR count). The monoisotopic (exact) mass is 859 g/mol. The van der Waals surface area contributed by atoms with Crippen LogP contribution in [-0.2, 0) is 16.1 Å². The van der Waals surface area contributed by atoms with Gasteiger partial charge in [0.1, 0.15) is 6.54 Å². The number of amides is 2. The minimum absolute atomic E-state index is 0.0282. The van der Waals surface area contributed by atoms with Crippen LogP contribution in [0, 0.1) is 0 Å². The van der Waals surface area contributed by atoms with Crippen molar-refractivity contribution in [3.63, 3.8) is 0 Å². The van der Waals surface area contributed by atoms with E-state index in [-0.39, 0.29) is 38.2 Å². The molecule has 1 aliphatic heterocycles. The molecule has 2 amide bonds. The molecule has 0 atom stereocenters. The molecule has 0 aliphatic carbocycles. The second kappa shape index (κ2) is 28.8. The van der Waals surface area contributed by atoms with Crippen molar-refractivity contribution in [2.75, 3.05) is 100 Å². The number of nitrogens with zero attached hydrogens (tertiary/aromatic N) is 4. The van der Waals surface area contributed by atoms with Crippen LogP contribution in [0.1, 0.15) is 42.5 Å². The number of benzene rings is 2. The third-order valence-corrected chi connectivity index (χ3v) is 12.1. The molecular formula is C46H63N6O6S2+. The fraction of sp³-hybridized carbons (Fsp3) is 0.413. The first-order valence-corrected chi connectivity index (χ1v) is 23.3. The van der Waals surface area contributed by atoms with E-state index < -0.39 is 0 Å². The van der Waals surface area contributed by atoms with Gasteiger partial charge in [-0.3, -0.25) is 9.59 Å². The normalized spacial score (nSPS) is 12.6. The zero-order valence-corrected chi connectivity index (χ0v) is 36.2. The number of carbonyl (C=O) groups excluding carboxylic acids is 2. The largest absolute Gasteiger partial charge is 0.395 e. The van der Waals surface area contributed by atoms with Gasteiger partial charge in [-0.15, -0.1) is 0 Å². The number of aliphatic hydroxyl groups excluding tert-OH is 4. The molecular weight excluding hydrogens is 797 g/mol. The summed E-state index contributed by atoms with van der Waals surface area (Å²) < 4.78 is 2.15. The smallest absolute Gasteiger partial charge is 0.220 e. The number of nitrogens with one attached hydrogen (secondary N) is 2. The van der Waals surface area contributed by atoms with Crippen LogP contribution in [0.25, 0.3) is 18.2 Å². The Hall–Kier alpha value is -4.57. The SMILES string of the molecule is O=C(CCCN1CC=CC=C1/C=C/c1ccc(N(CCO)CCO)cc1)NCCSSCCNC(=O)CCC[n+]1ccccc1/C=C/c1ccc(N(CCO)CCO)cc1.